The zero-order chi connectivity index (χ0) is 19.6. The Morgan fingerprint density at radius 3 is 2.59 bits per heavy atom. The van der Waals surface area contributed by atoms with Crippen molar-refractivity contribution in [1.82, 2.24) is 5.32 Å². The van der Waals surface area contributed by atoms with Gasteiger partial charge in [0.05, 0.1) is 13.2 Å². The summed E-state index contributed by atoms with van der Waals surface area (Å²) in [5, 5.41) is 11.3. The lowest BCUT2D eigenvalue weighted by Crippen LogP contribution is -2.22. The number of benzene rings is 2. The summed E-state index contributed by atoms with van der Waals surface area (Å²) >= 11 is 0. The molecule has 142 valence electrons. The molecule has 0 spiro atoms. The highest BCUT2D eigenvalue weighted by Gasteiger charge is 2.12. The van der Waals surface area contributed by atoms with Gasteiger partial charge in [0.2, 0.25) is 5.91 Å². The van der Waals surface area contributed by atoms with Crippen LogP contribution >= 0.6 is 0 Å². The van der Waals surface area contributed by atoms with E-state index < -0.39 is 0 Å². The quantitative estimate of drug-likeness (QED) is 0.687. The molecule has 0 saturated carbocycles. The second kappa shape index (κ2) is 10.1. The van der Waals surface area contributed by atoms with Crippen LogP contribution in [-0.2, 0) is 11.3 Å². The summed E-state index contributed by atoms with van der Waals surface area (Å²) in [4.78, 5) is 11.5. The third-order valence-electron chi connectivity index (χ3n) is 3.91. The van der Waals surface area contributed by atoms with E-state index in [-0.39, 0.29) is 18.9 Å². The minimum atomic E-state index is -0.329. The second-order valence-corrected chi connectivity index (χ2v) is 6.03. The normalized spacial score (nSPS) is 10.0. The van der Waals surface area contributed by atoms with Gasteiger partial charge in [0.25, 0.3) is 0 Å². The summed E-state index contributed by atoms with van der Waals surface area (Å²) in [6, 6.07) is 13.3. The van der Waals surface area contributed by atoms with Crippen molar-refractivity contribution >= 4 is 5.91 Å². The number of para-hydroxylation sites is 1. The van der Waals surface area contributed by atoms with Crippen molar-refractivity contribution in [3.05, 3.63) is 53.1 Å². The first-order valence-corrected chi connectivity index (χ1v) is 8.67. The summed E-state index contributed by atoms with van der Waals surface area (Å²) in [5.74, 6) is 1.63. The summed E-state index contributed by atoms with van der Waals surface area (Å²) in [6.07, 6.45) is -0.177. The van der Waals surface area contributed by atoms with Gasteiger partial charge in [-0.3, -0.25) is 4.79 Å². The van der Waals surface area contributed by atoms with Gasteiger partial charge in [-0.15, -0.1) is 0 Å². The Morgan fingerprint density at radius 2 is 1.89 bits per heavy atom. The molecule has 6 heteroatoms. The van der Waals surface area contributed by atoms with Crippen LogP contribution in [0.4, 0.5) is 0 Å². The van der Waals surface area contributed by atoms with Gasteiger partial charge in [0.1, 0.15) is 25.4 Å². The average Bonchev–Trinajstić information content (AvgIpc) is 2.65. The van der Waals surface area contributed by atoms with Crippen LogP contribution in [0.2, 0.25) is 0 Å². The molecule has 1 amide bonds. The van der Waals surface area contributed by atoms with Crippen LogP contribution in [0.15, 0.2) is 36.4 Å². The maximum atomic E-state index is 11.5. The Balaban J connectivity index is 1.97. The Kier molecular flexibility index (Phi) is 7.50. The highest BCUT2D eigenvalue weighted by atomic mass is 16.5. The Bertz CT molecular complexity index is 827. The second-order valence-electron chi connectivity index (χ2n) is 6.03. The molecule has 0 radical (unpaired) electrons. The first kappa shape index (κ1) is 20.1. The van der Waals surface area contributed by atoms with Crippen molar-refractivity contribution in [2.24, 2.45) is 0 Å². The molecule has 0 heterocycles. The molecule has 6 nitrogen and oxygen atoms in total. The van der Waals surface area contributed by atoms with E-state index in [1.807, 2.05) is 44.2 Å². The Labute approximate surface area is 159 Å². The third-order valence-corrected chi connectivity index (χ3v) is 3.91. The van der Waals surface area contributed by atoms with E-state index in [2.05, 4.69) is 11.4 Å². The number of ether oxygens (including phenoxy) is 3. The fourth-order valence-corrected chi connectivity index (χ4v) is 2.61. The summed E-state index contributed by atoms with van der Waals surface area (Å²) in [5.41, 5.74) is 3.04. The van der Waals surface area contributed by atoms with Gasteiger partial charge in [-0.2, -0.15) is 5.26 Å². The van der Waals surface area contributed by atoms with E-state index in [1.54, 1.807) is 13.2 Å². The number of carbonyl (C=O) groups is 1. The van der Waals surface area contributed by atoms with Crippen molar-refractivity contribution in [2.45, 2.75) is 26.8 Å². The van der Waals surface area contributed by atoms with Crippen molar-refractivity contribution in [1.29, 1.82) is 5.26 Å². The van der Waals surface area contributed by atoms with Gasteiger partial charge < -0.3 is 19.5 Å². The number of rotatable bonds is 9. The number of hydrogen-bond acceptors (Lipinski definition) is 5. The Hall–Kier alpha value is -3.20. The molecular formula is C21H24N2O4. The maximum absolute atomic E-state index is 11.5. The molecule has 2 aromatic rings. The van der Waals surface area contributed by atoms with Gasteiger partial charge in [0, 0.05) is 12.1 Å². The lowest BCUT2D eigenvalue weighted by atomic mass is 10.1. The summed E-state index contributed by atoms with van der Waals surface area (Å²) in [6.45, 7) is 5.00. The number of nitrogens with one attached hydrogen (secondary N) is 1. The average molecular weight is 368 g/mol. The zero-order valence-corrected chi connectivity index (χ0v) is 15.9. The van der Waals surface area contributed by atoms with Crippen LogP contribution in [0, 0.1) is 25.2 Å². The molecule has 0 bridgehead atoms. The largest absolute Gasteiger partial charge is 0.493 e. The van der Waals surface area contributed by atoms with Gasteiger partial charge in [-0.25, -0.2) is 0 Å². The SMILES string of the molecule is COc1cccc(CNC(=O)CC#N)c1OCCOc1ccc(C)cc1C. The molecule has 0 unspecified atom stereocenters. The molecule has 0 aromatic heterocycles. The molecule has 0 aliphatic carbocycles. The van der Waals surface area contributed by atoms with Crippen molar-refractivity contribution in [3.8, 4) is 23.3 Å². The number of hydrogen-bond donors (Lipinski definition) is 1. The van der Waals surface area contributed by atoms with Gasteiger partial charge >= 0.3 is 0 Å². The highest BCUT2D eigenvalue weighted by molar-refractivity contribution is 5.78. The molecule has 0 fully saturated rings. The van der Waals surface area contributed by atoms with Crippen molar-refractivity contribution < 1.29 is 19.0 Å². The number of methoxy groups -OCH3 is 1. The lowest BCUT2D eigenvalue weighted by molar-refractivity contribution is -0.120. The molecule has 1 N–H and O–H groups in total. The van der Waals surface area contributed by atoms with Crippen molar-refractivity contribution in [3.63, 3.8) is 0 Å². The molecule has 0 saturated heterocycles. The molecular weight excluding hydrogens is 344 g/mol. The number of aryl methyl sites for hydroxylation is 2. The molecule has 27 heavy (non-hydrogen) atoms. The van der Waals surface area contributed by atoms with Crippen LogP contribution in [-0.4, -0.2) is 26.2 Å². The smallest absolute Gasteiger partial charge is 0.234 e. The molecule has 0 aliphatic rings. The van der Waals surface area contributed by atoms with E-state index in [1.165, 1.54) is 5.56 Å². The number of carbonyl (C=O) groups excluding carboxylic acids is 1. The first-order valence-electron chi connectivity index (χ1n) is 8.67. The van der Waals surface area contributed by atoms with Crippen LogP contribution in [0.3, 0.4) is 0 Å². The molecule has 0 aliphatic heterocycles. The number of nitrogens with zero attached hydrogens (tertiary/aromatic N) is 1. The third kappa shape index (κ3) is 5.93. The van der Waals surface area contributed by atoms with Crippen LogP contribution < -0.4 is 19.5 Å². The van der Waals surface area contributed by atoms with Gasteiger partial charge in [-0.05, 0) is 31.5 Å². The summed E-state index contributed by atoms with van der Waals surface area (Å²) < 4.78 is 17.0. The number of amides is 1. The number of nitriles is 1. The zero-order valence-electron chi connectivity index (χ0n) is 15.9. The molecule has 2 rings (SSSR count). The minimum Gasteiger partial charge on any atom is -0.493 e. The van der Waals surface area contributed by atoms with Crippen LogP contribution in [0.5, 0.6) is 17.2 Å². The van der Waals surface area contributed by atoms with Crippen LogP contribution in [0.25, 0.3) is 0 Å². The van der Waals surface area contributed by atoms with E-state index in [4.69, 9.17) is 19.5 Å². The first-order chi connectivity index (χ1) is 13.0. The van der Waals surface area contributed by atoms with E-state index in [9.17, 15) is 4.79 Å². The predicted molar refractivity (Wildman–Crippen MR) is 102 cm³/mol. The van der Waals surface area contributed by atoms with Crippen molar-refractivity contribution in [2.75, 3.05) is 20.3 Å². The summed E-state index contributed by atoms with van der Waals surface area (Å²) in [7, 11) is 1.56. The lowest BCUT2D eigenvalue weighted by Gasteiger charge is -2.16. The van der Waals surface area contributed by atoms with E-state index >= 15 is 0 Å². The maximum Gasteiger partial charge on any atom is 0.234 e. The van der Waals surface area contributed by atoms with E-state index in [0.29, 0.717) is 24.7 Å². The fraction of sp³-hybridized carbons (Fsp3) is 0.333. The monoisotopic (exact) mass is 368 g/mol. The predicted octanol–water partition coefficient (Wildman–Crippen LogP) is 3.30. The van der Waals surface area contributed by atoms with Gasteiger partial charge in [0.15, 0.2) is 11.5 Å². The molecule has 2 aromatic carbocycles. The Morgan fingerprint density at radius 1 is 1.11 bits per heavy atom. The van der Waals surface area contributed by atoms with Gasteiger partial charge in [-0.1, -0.05) is 29.8 Å². The fourth-order valence-electron chi connectivity index (χ4n) is 2.61. The highest BCUT2D eigenvalue weighted by Crippen LogP contribution is 2.31. The molecule has 0 atom stereocenters. The topological polar surface area (TPSA) is 80.6 Å². The van der Waals surface area contributed by atoms with E-state index in [0.717, 1.165) is 16.9 Å². The standard InChI is InChI=1S/C21H24N2O4/c1-15-7-8-18(16(2)13-15)26-11-12-27-21-17(5-4-6-19(21)25-3)14-23-20(24)9-10-22/h4-8,13H,9,11-12,14H2,1-3H3,(H,23,24). The minimum absolute atomic E-state index is 0.177. The van der Waals surface area contributed by atoms with Crippen LogP contribution in [0.1, 0.15) is 23.1 Å².